The van der Waals surface area contributed by atoms with Gasteiger partial charge >= 0.3 is 0 Å². The van der Waals surface area contributed by atoms with Crippen molar-refractivity contribution in [2.75, 3.05) is 32.9 Å². The number of fused-ring (bicyclic) bond motifs is 1. The van der Waals surface area contributed by atoms with E-state index in [-0.39, 0.29) is 17.2 Å². The van der Waals surface area contributed by atoms with Crippen LogP contribution in [0.2, 0.25) is 0 Å². The van der Waals surface area contributed by atoms with E-state index in [4.69, 9.17) is 9.47 Å². The number of nitrogens with zero attached hydrogens (tertiary/aromatic N) is 4. The Balaban J connectivity index is 1.65. The maximum atomic E-state index is 13.0. The summed E-state index contributed by atoms with van der Waals surface area (Å²) in [5.74, 6) is 1.46. The van der Waals surface area contributed by atoms with Gasteiger partial charge in [-0.3, -0.25) is 9.69 Å². The summed E-state index contributed by atoms with van der Waals surface area (Å²) in [6.07, 6.45) is 0. The standard InChI is InChI=1S/C18H22N4O3S/c1-3-25-14-6-4-13(5-7-14)15(21-8-10-24-11-9-21)16-17(23)22-18(26-16)19-12(2)20-22/h4-7,15-16H,3,8-11H2,1-2H3. The highest BCUT2D eigenvalue weighted by molar-refractivity contribution is 8.00. The van der Waals surface area contributed by atoms with Crippen LogP contribution in [0, 0.1) is 6.92 Å². The molecule has 1 aromatic heterocycles. The van der Waals surface area contributed by atoms with Crippen molar-refractivity contribution in [3.05, 3.63) is 35.7 Å². The predicted molar refractivity (Wildman–Crippen MR) is 97.8 cm³/mol. The van der Waals surface area contributed by atoms with E-state index < -0.39 is 0 Å². The molecule has 2 atom stereocenters. The van der Waals surface area contributed by atoms with Crippen molar-refractivity contribution in [1.29, 1.82) is 0 Å². The molecule has 2 unspecified atom stereocenters. The van der Waals surface area contributed by atoms with Gasteiger partial charge in [0.05, 0.1) is 25.9 Å². The Morgan fingerprint density at radius 3 is 2.69 bits per heavy atom. The van der Waals surface area contributed by atoms with E-state index in [1.807, 2.05) is 19.1 Å². The first-order valence-electron chi connectivity index (χ1n) is 8.86. The summed E-state index contributed by atoms with van der Waals surface area (Å²) in [5, 5.41) is 4.67. The summed E-state index contributed by atoms with van der Waals surface area (Å²) in [6.45, 7) is 7.38. The topological polar surface area (TPSA) is 69.5 Å². The highest BCUT2D eigenvalue weighted by Gasteiger charge is 2.43. The molecule has 2 aromatic rings. The number of hydrogen-bond acceptors (Lipinski definition) is 7. The first-order chi connectivity index (χ1) is 12.7. The molecule has 26 heavy (non-hydrogen) atoms. The molecule has 4 rings (SSSR count). The number of carbonyl (C=O) groups excluding carboxylic acids is 1. The lowest BCUT2D eigenvalue weighted by Crippen LogP contribution is -2.44. The Hall–Kier alpha value is -1.90. The predicted octanol–water partition coefficient (Wildman–Crippen LogP) is 2.17. The quantitative estimate of drug-likeness (QED) is 0.794. The maximum absolute atomic E-state index is 13.0. The number of aromatic nitrogens is 3. The van der Waals surface area contributed by atoms with Crippen LogP contribution in [0.4, 0.5) is 0 Å². The van der Waals surface area contributed by atoms with Gasteiger partial charge in [0.2, 0.25) is 0 Å². The zero-order chi connectivity index (χ0) is 18.1. The molecule has 0 spiro atoms. The minimum Gasteiger partial charge on any atom is -0.494 e. The van der Waals surface area contributed by atoms with Gasteiger partial charge in [-0.25, -0.2) is 4.98 Å². The van der Waals surface area contributed by atoms with Crippen molar-refractivity contribution >= 4 is 17.7 Å². The van der Waals surface area contributed by atoms with Crippen molar-refractivity contribution in [1.82, 2.24) is 19.7 Å². The second-order valence-corrected chi connectivity index (χ2v) is 7.43. The Morgan fingerprint density at radius 2 is 2.04 bits per heavy atom. The molecule has 1 aromatic carbocycles. The molecule has 0 radical (unpaired) electrons. The van der Waals surface area contributed by atoms with Gasteiger partial charge in [0.25, 0.3) is 5.91 Å². The number of rotatable bonds is 5. The zero-order valence-electron chi connectivity index (χ0n) is 14.9. The average molecular weight is 374 g/mol. The highest BCUT2D eigenvalue weighted by Crippen LogP contribution is 2.41. The molecule has 0 bridgehead atoms. The number of morpholine rings is 1. The number of ether oxygens (including phenoxy) is 2. The van der Waals surface area contributed by atoms with Gasteiger partial charge in [-0.05, 0) is 31.5 Å². The van der Waals surface area contributed by atoms with E-state index >= 15 is 0 Å². The molecule has 3 heterocycles. The normalized spacial score (nSPS) is 21.6. The van der Waals surface area contributed by atoms with Gasteiger partial charge in [-0.15, -0.1) is 5.10 Å². The summed E-state index contributed by atoms with van der Waals surface area (Å²) in [4.78, 5) is 19.7. The highest BCUT2D eigenvalue weighted by atomic mass is 32.2. The second kappa shape index (κ2) is 7.38. The molecule has 0 aliphatic carbocycles. The van der Waals surface area contributed by atoms with Gasteiger partial charge in [-0.2, -0.15) is 4.68 Å². The third-order valence-corrected chi connectivity index (χ3v) is 5.81. The smallest absolute Gasteiger partial charge is 0.264 e. The van der Waals surface area contributed by atoms with E-state index in [1.165, 1.54) is 16.4 Å². The summed E-state index contributed by atoms with van der Waals surface area (Å²) in [6, 6.07) is 8.00. The SMILES string of the molecule is CCOc1ccc(C(C2Sc3nc(C)nn3C2=O)N2CCOCC2)cc1. The monoisotopic (exact) mass is 374 g/mol. The first kappa shape index (κ1) is 17.5. The third kappa shape index (κ3) is 3.24. The molecular formula is C18H22N4O3S. The molecule has 0 saturated carbocycles. The number of hydrogen-bond donors (Lipinski definition) is 0. The third-order valence-electron chi connectivity index (χ3n) is 4.63. The van der Waals surface area contributed by atoms with Gasteiger partial charge in [0, 0.05) is 13.1 Å². The van der Waals surface area contributed by atoms with Crippen molar-refractivity contribution < 1.29 is 14.3 Å². The van der Waals surface area contributed by atoms with Gasteiger partial charge in [0.1, 0.15) is 16.8 Å². The van der Waals surface area contributed by atoms with Crippen molar-refractivity contribution in [3.8, 4) is 5.75 Å². The molecule has 1 fully saturated rings. The molecule has 2 aliphatic rings. The maximum Gasteiger partial charge on any atom is 0.264 e. The lowest BCUT2D eigenvalue weighted by molar-refractivity contribution is 0.0152. The molecule has 7 nitrogen and oxygen atoms in total. The Kier molecular flexibility index (Phi) is 4.97. The fourth-order valence-corrected chi connectivity index (χ4v) is 4.76. The largest absolute Gasteiger partial charge is 0.494 e. The summed E-state index contributed by atoms with van der Waals surface area (Å²) in [7, 11) is 0. The number of thioether (sulfide) groups is 1. The van der Waals surface area contributed by atoms with Crippen LogP contribution in [0.3, 0.4) is 0 Å². The lowest BCUT2D eigenvalue weighted by atomic mass is 10.00. The average Bonchev–Trinajstić information content (AvgIpc) is 3.16. The van der Waals surface area contributed by atoms with Gasteiger partial charge in [0.15, 0.2) is 5.16 Å². The van der Waals surface area contributed by atoms with Crippen molar-refractivity contribution in [2.45, 2.75) is 30.3 Å². The van der Waals surface area contributed by atoms with Crippen LogP contribution in [0.15, 0.2) is 29.4 Å². The molecule has 138 valence electrons. The first-order valence-corrected chi connectivity index (χ1v) is 9.74. The Morgan fingerprint density at radius 1 is 1.31 bits per heavy atom. The molecular weight excluding hydrogens is 352 g/mol. The fourth-order valence-electron chi connectivity index (χ4n) is 3.46. The van der Waals surface area contributed by atoms with E-state index in [0.29, 0.717) is 30.8 Å². The van der Waals surface area contributed by atoms with Crippen LogP contribution < -0.4 is 4.74 Å². The molecule has 0 N–H and O–H groups in total. The zero-order valence-corrected chi connectivity index (χ0v) is 15.7. The summed E-state index contributed by atoms with van der Waals surface area (Å²) >= 11 is 1.50. The van der Waals surface area contributed by atoms with Crippen molar-refractivity contribution in [3.63, 3.8) is 0 Å². The second-order valence-electron chi connectivity index (χ2n) is 6.33. The van der Waals surface area contributed by atoms with Crippen LogP contribution in [-0.2, 0) is 4.74 Å². The lowest BCUT2D eigenvalue weighted by Gasteiger charge is -2.36. The van der Waals surface area contributed by atoms with Crippen LogP contribution >= 0.6 is 11.8 Å². The molecule has 2 aliphatic heterocycles. The summed E-state index contributed by atoms with van der Waals surface area (Å²) in [5.41, 5.74) is 1.10. The van der Waals surface area contributed by atoms with Crippen molar-refractivity contribution in [2.24, 2.45) is 0 Å². The van der Waals surface area contributed by atoms with Crippen LogP contribution in [0.5, 0.6) is 5.75 Å². The van der Waals surface area contributed by atoms with Crippen LogP contribution in [0.1, 0.15) is 29.1 Å². The van der Waals surface area contributed by atoms with E-state index in [1.54, 1.807) is 6.92 Å². The number of aryl methyl sites for hydroxylation is 1. The minimum atomic E-state index is -0.262. The van der Waals surface area contributed by atoms with Crippen LogP contribution in [-0.4, -0.2) is 63.7 Å². The number of carbonyl (C=O) groups is 1. The Bertz CT molecular complexity index is 786. The minimum absolute atomic E-state index is 0.00373. The van der Waals surface area contributed by atoms with E-state index in [9.17, 15) is 4.79 Å². The van der Waals surface area contributed by atoms with Gasteiger partial charge in [-0.1, -0.05) is 23.9 Å². The number of benzene rings is 1. The van der Waals surface area contributed by atoms with Gasteiger partial charge < -0.3 is 9.47 Å². The Labute approximate surface area is 156 Å². The molecule has 0 amide bonds. The molecule has 1 saturated heterocycles. The fraction of sp³-hybridized carbons (Fsp3) is 0.500. The van der Waals surface area contributed by atoms with E-state index in [2.05, 4.69) is 27.1 Å². The van der Waals surface area contributed by atoms with Crippen LogP contribution in [0.25, 0.3) is 0 Å². The summed E-state index contributed by atoms with van der Waals surface area (Å²) < 4.78 is 12.5. The van der Waals surface area contributed by atoms with E-state index in [0.717, 1.165) is 24.4 Å². The molecule has 8 heteroatoms.